The van der Waals surface area contributed by atoms with Crippen LogP contribution in [0, 0.1) is 11.3 Å². The van der Waals surface area contributed by atoms with E-state index in [-0.39, 0.29) is 18.5 Å². The molecule has 22 heavy (non-hydrogen) atoms. The lowest BCUT2D eigenvalue weighted by Gasteiger charge is -2.05. The molecule has 0 spiro atoms. The summed E-state index contributed by atoms with van der Waals surface area (Å²) in [5, 5.41) is 23.4. The van der Waals surface area contributed by atoms with Crippen LogP contribution in [0.3, 0.4) is 0 Å². The van der Waals surface area contributed by atoms with Crippen molar-refractivity contribution in [1.29, 1.82) is 5.26 Å². The van der Waals surface area contributed by atoms with Gasteiger partial charge in [-0.25, -0.2) is 0 Å². The number of amides is 1. The van der Waals surface area contributed by atoms with Gasteiger partial charge >= 0.3 is 5.97 Å². The number of rotatable bonds is 8. The Balaban J connectivity index is 2.42. The number of carboxylic acids is 1. The molecule has 3 N–H and O–H groups in total. The van der Waals surface area contributed by atoms with Crippen molar-refractivity contribution in [3.05, 3.63) is 46.6 Å². The first-order valence-electron chi connectivity index (χ1n) is 6.61. The third kappa shape index (κ3) is 6.77. The Morgan fingerprint density at radius 1 is 1.32 bits per heavy atom. The predicted molar refractivity (Wildman–Crippen MR) is 81.9 cm³/mol. The summed E-state index contributed by atoms with van der Waals surface area (Å²) in [6, 6.07) is 8.79. The van der Waals surface area contributed by atoms with Gasteiger partial charge in [0.1, 0.15) is 11.6 Å². The molecule has 0 saturated carbocycles. The van der Waals surface area contributed by atoms with Crippen molar-refractivity contribution in [2.24, 2.45) is 0 Å². The van der Waals surface area contributed by atoms with Crippen LogP contribution >= 0.6 is 11.6 Å². The van der Waals surface area contributed by atoms with E-state index in [9.17, 15) is 9.59 Å². The average molecular weight is 322 g/mol. The number of aliphatic carboxylic acids is 1. The SMILES string of the molecule is N#C/C(=C/NCCCC(=O)O)C(=O)NCc1ccc(Cl)cc1. The fourth-order valence-electron chi connectivity index (χ4n) is 1.54. The van der Waals surface area contributed by atoms with Crippen LogP contribution in [0.4, 0.5) is 0 Å². The second kappa shape index (κ2) is 9.42. The number of carbonyl (C=O) groups excluding carboxylic acids is 1. The van der Waals surface area contributed by atoms with Gasteiger partial charge in [0.05, 0.1) is 0 Å². The van der Waals surface area contributed by atoms with Crippen molar-refractivity contribution in [1.82, 2.24) is 10.6 Å². The standard InChI is InChI=1S/C15H16ClN3O3/c16-13-5-3-11(4-6-13)9-19-15(22)12(8-17)10-18-7-1-2-14(20)21/h3-6,10,18H,1-2,7,9H2,(H,19,22)(H,20,21)/b12-10-. The molecule has 1 aromatic rings. The number of benzene rings is 1. The molecule has 0 aliphatic rings. The molecule has 0 fully saturated rings. The number of carboxylic acid groups (broad SMARTS) is 1. The van der Waals surface area contributed by atoms with E-state index in [0.29, 0.717) is 18.0 Å². The van der Waals surface area contributed by atoms with E-state index in [1.54, 1.807) is 30.3 Å². The van der Waals surface area contributed by atoms with Crippen LogP contribution in [0.1, 0.15) is 18.4 Å². The molecular formula is C15H16ClN3O3. The summed E-state index contributed by atoms with van der Waals surface area (Å²) < 4.78 is 0. The molecule has 0 unspecified atom stereocenters. The molecule has 0 saturated heterocycles. The van der Waals surface area contributed by atoms with Crippen LogP contribution in [0.15, 0.2) is 36.0 Å². The summed E-state index contributed by atoms with van der Waals surface area (Å²) in [4.78, 5) is 22.2. The molecule has 7 heteroatoms. The van der Waals surface area contributed by atoms with Crippen molar-refractivity contribution in [2.45, 2.75) is 19.4 Å². The van der Waals surface area contributed by atoms with Gasteiger partial charge in [-0.05, 0) is 24.1 Å². The van der Waals surface area contributed by atoms with Gasteiger partial charge in [-0.15, -0.1) is 0 Å². The predicted octanol–water partition coefficient (Wildman–Crippen LogP) is 1.82. The lowest BCUT2D eigenvalue weighted by molar-refractivity contribution is -0.137. The molecule has 1 amide bonds. The maximum absolute atomic E-state index is 11.8. The fraction of sp³-hybridized carbons (Fsp3) is 0.267. The van der Waals surface area contributed by atoms with Crippen molar-refractivity contribution in [3.63, 3.8) is 0 Å². The smallest absolute Gasteiger partial charge is 0.303 e. The van der Waals surface area contributed by atoms with Crippen molar-refractivity contribution in [2.75, 3.05) is 6.54 Å². The number of halogens is 1. The molecule has 0 atom stereocenters. The molecule has 0 bridgehead atoms. The van der Waals surface area contributed by atoms with Gasteiger partial charge in [-0.2, -0.15) is 5.26 Å². The van der Waals surface area contributed by atoms with Crippen LogP contribution in [0.2, 0.25) is 5.02 Å². The van der Waals surface area contributed by atoms with Crippen molar-refractivity contribution in [3.8, 4) is 6.07 Å². The number of nitrogens with one attached hydrogen (secondary N) is 2. The van der Waals surface area contributed by atoms with Gasteiger partial charge in [0.15, 0.2) is 0 Å². The summed E-state index contributed by atoms with van der Waals surface area (Å²) in [6.07, 6.45) is 1.74. The Morgan fingerprint density at radius 2 is 2.00 bits per heavy atom. The minimum atomic E-state index is -0.882. The van der Waals surface area contributed by atoms with E-state index in [0.717, 1.165) is 5.56 Å². The zero-order valence-corrected chi connectivity index (χ0v) is 12.6. The van der Waals surface area contributed by atoms with Gasteiger partial charge in [-0.3, -0.25) is 9.59 Å². The maximum atomic E-state index is 11.8. The zero-order valence-electron chi connectivity index (χ0n) is 11.8. The van der Waals surface area contributed by atoms with Crippen LogP contribution in [0.25, 0.3) is 0 Å². The van der Waals surface area contributed by atoms with Crippen LogP contribution < -0.4 is 10.6 Å². The summed E-state index contributed by atoms with van der Waals surface area (Å²) in [6.45, 7) is 0.663. The Kier molecular flexibility index (Phi) is 7.51. The second-order valence-electron chi connectivity index (χ2n) is 4.43. The maximum Gasteiger partial charge on any atom is 0.303 e. The van der Waals surface area contributed by atoms with Crippen molar-refractivity contribution < 1.29 is 14.7 Å². The summed E-state index contributed by atoms with van der Waals surface area (Å²) in [7, 11) is 0. The molecular weight excluding hydrogens is 306 g/mol. The minimum absolute atomic E-state index is 0.0332. The highest BCUT2D eigenvalue weighted by Gasteiger charge is 2.08. The number of hydrogen-bond acceptors (Lipinski definition) is 4. The average Bonchev–Trinajstić information content (AvgIpc) is 2.49. The highest BCUT2D eigenvalue weighted by Crippen LogP contribution is 2.09. The Morgan fingerprint density at radius 3 is 2.59 bits per heavy atom. The number of hydrogen-bond donors (Lipinski definition) is 3. The monoisotopic (exact) mass is 321 g/mol. The molecule has 0 aromatic heterocycles. The van der Waals surface area contributed by atoms with Gasteiger partial charge in [0.2, 0.25) is 0 Å². The quantitative estimate of drug-likeness (QED) is 0.385. The Labute approximate surface area is 133 Å². The molecule has 1 rings (SSSR count). The number of nitrogens with zero attached hydrogens (tertiary/aromatic N) is 1. The first kappa shape index (κ1) is 17.5. The lowest BCUT2D eigenvalue weighted by Crippen LogP contribution is -2.25. The first-order valence-corrected chi connectivity index (χ1v) is 6.99. The highest BCUT2D eigenvalue weighted by atomic mass is 35.5. The Hall–Kier alpha value is -2.52. The highest BCUT2D eigenvalue weighted by molar-refractivity contribution is 6.30. The number of nitriles is 1. The molecule has 1 aromatic carbocycles. The largest absolute Gasteiger partial charge is 0.481 e. The van der Waals surface area contributed by atoms with Crippen LogP contribution in [-0.4, -0.2) is 23.5 Å². The van der Waals surface area contributed by atoms with E-state index in [1.807, 2.05) is 0 Å². The van der Waals surface area contributed by atoms with E-state index < -0.39 is 11.9 Å². The molecule has 0 aliphatic heterocycles. The Bertz CT molecular complexity index is 591. The summed E-state index contributed by atoms with van der Waals surface area (Å²) in [5.74, 6) is -1.38. The van der Waals surface area contributed by atoms with Gasteiger partial charge in [-0.1, -0.05) is 23.7 Å². The number of carbonyl (C=O) groups is 2. The van der Waals surface area contributed by atoms with Gasteiger partial charge < -0.3 is 15.7 Å². The van der Waals surface area contributed by atoms with Crippen molar-refractivity contribution >= 4 is 23.5 Å². The molecule has 116 valence electrons. The minimum Gasteiger partial charge on any atom is -0.481 e. The molecule has 6 nitrogen and oxygen atoms in total. The van der Waals surface area contributed by atoms with Gasteiger partial charge in [0.25, 0.3) is 5.91 Å². The topological polar surface area (TPSA) is 102 Å². The summed E-state index contributed by atoms with van der Waals surface area (Å²) in [5.41, 5.74) is 0.800. The first-order chi connectivity index (χ1) is 10.5. The van der Waals surface area contributed by atoms with E-state index in [1.165, 1.54) is 6.20 Å². The van der Waals surface area contributed by atoms with Gasteiger partial charge in [0, 0.05) is 30.7 Å². The molecule has 0 aliphatic carbocycles. The lowest BCUT2D eigenvalue weighted by atomic mass is 10.2. The van der Waals surface area contributed by atoms with Crippen LogP contribution in [-0.2, 0) is 16.1 Å². The normalized spacial score (nSPS) is 10.6. The second-order valence-corrected chi connectivity index (χ2v) is 4.87. The molecule has 0 radical (unpaired) electrons. The summed E-state index contributed by atoms with van der Waals surface area (Å²) >= 11 is 5.77. The van der Waals surface area contributed by atoms with Crippen LogP contribution in [0.5, 0.6) is 0 Å². The third-order valence-corrected chi connectivity index (χ3v) is 2.94. The zero-order chi connectivity index (χ0) is 16.4. The van der Waals surface area contributed by atoms with E-state index >= 15 is 0 Å². The van der Waals surface area contributed by atoms with E-state index in [4.69, 9.17) is 22.0 Å². The van der Waals surface area contributed by atoms with E-state index in [2.05, 4.69) is 10.6 Å². The third-order valence-electron chi connectivity index (χ3n) is 2.69. The molecule has 0 heterocycles. The fourth-order valence-corrected chi connectivity index (χ4v) is 1.67.